The van der Waals surface area contributed by atoms with Gasteiger partial charge in [-0.15, -0.1) is 0 Å². The highest BCUT2D eigenvalue weighted by atomic mass is 16.5. The fraction of sp³-hybridized carbons (Fsp3) is 0.409. The molecule has 0 saturated carbocycles. The number of benzene rings is 2. The molecule has 0 spiro atoms. The molecule has 152 valence electrons. The fourth-order valence-corrected chi connectivity index (χ4v) is 2.71. The van der Waals surface area contributed by atoms with Crippen molar-refractivity contribution in [1.82, 2.24) is 5.32 Å². The number of carbonyl (C=O) groups excluding carboxylic acids is 1. The van der Waals surface area contributed by atoms with Crippen LogP contribution in [-0.4, -0.2) is 32.4 Å². The summed E-state index contributed by atoms with van der Waals surface area (Å²) in [5.74, 6) is 1.65. The summed E-state index contributed by atoms with van der Waals surface area (Å²) < 4.78 is 17.0. The van der Waals surface area contributed by atoms with E-state index in [0.29, 0.717) is 49.3 Å². The molecule has 0 bridgehead atoms. The zero-order valence-electron chi connectivity index (χ0n) is 17.1. The first-order chi connectivity index (χ1) is 13.6. The maximum absolute atomic E-state index is 12.3. The molecular formula is C22H30N2O4. The van der Waals surface area contributed by atoms with E-state index >= 15 is 0 Å². The number of ether oxygens (including phenoxy) is 3. The summed E-state index contributed by atoms with van der Waals surface area (Å²) in [5, 5.41) is 5.71. The third-order valence-electron chi connectivity index (χ3n) is 3.99. The van der Waals surface area contributed by atoms with Crippen molar-refractivity contribution < 1.29 is 19.0 Å². The Morgan fingerprint density at radius 2 is 1.46 bits per heavy atom. The molecule has 0 fully saturated rings. The summed E-state index contributed by atoms with van der Waals surface area (Å²) in [6.45, 7) is 9.75. The monoisotopic (exact) mass is 386 g/mol. The van der Waals surface area contributed by atoms with E-state index < -0.39 is 0 Å². The molecule has 0 aliphatic carbocycles. The van der Waals surface area contributed by atoms with Gasteiger partial charge in [0.2, 0.25) is 5.75 Å². The maximum Gasteiger partial charge on any atom is 0.319 e. The second-order valence-corrected chi connectivity index (χ2v) is 6.22. The normalized spacial score (nSPS) is 10.3. The van der Waals surface area contributed by atoms with Crippen molar-refractivity contribution in [3.05, 3.63) is 47.5 Å². The largest absolute Gasteiger partial charge is 0.490 e. The molecule has 2 rings (SSSR count). The van der Waals surface area contributed by atoms with Gasteiger partial charge < -0.3 is 24.8 Å². The molecule has 0 aromatic heterocycles. The highest BCUT2D eigenvalue weighted by Crippen LogP contribution is 2.40. The van der Waals surface area contributed by atoms with Gasteiger partial charge >= 0.3 is 6.03 Å². The van der Waals surface area contributed by atoms with Gasteiger partial charge in [-0.25, -0.2) is 4.79 Å². The summed E-state index contributed by atoms with van der Waals surface area (Å²) in [7, 11) is 0. The van der Waals surface area contributed by atoms with E-state index in [-0.39, 0.29) is 6.03 Å². The highest BCUT2D eigenvalue weighted by Gasteiger charge is 2.16. The smallest absolute Gasteiger partial charge is 0.319 e. The summed E-state index contributed by atoms with van der Waals surface area (Å²) in [6, 6.07) is 11.5. The van der Waals surface area contributed by atoms with Crippen molar-refractivity contribution in [3.8, 4) is 17.2 Å². The van der Waals surface area contributed by atoms with E-state index in [4.69, 9.17) is 14.2 Å². The number of anilines is 1. The van der Waals surface area contributed by atoms with Crippen LogP contribution in [0.15, 0.2) is 36.4 Å². The number of amides is 2. The van der Waals surface area contributed by atoms with Crippen molar-refractivity contribution in [2.75, 3.05) is 31.7 Å². The first kappa shape index (κ1) is 21.4. The van der Waals surface area contributed by atoms with Gasteiger partial charge in [-0.3, -0.25) is 0 Å². The summed E-state index contributed by atoms with van der Waals surface area (Å²) in [6.07, 6.45) is 0.769. The van der Waals surface area contributed by atoms with E-state index in [1.165, 1.54) is 11.1 Å². The maximum atomic E-state index is 12.3. The number of urea groups is 1. The molecule has 0 aliphatic rings. The van der Waals surface area contributed by atoms with Crippen LogP contribution in [0.2, 0.25) is 0 Å². The van der Waals surface area contributed by atoms with E-state index in [1.54, 1.807) is 12.1 Å². The van der Waals surface area contributed by atoms with Gasteiger partial charge in [0.15, 0.2) is 11.5 Å². The predicted octanol–water partition coefficient (Wildman–Crippen LogP) is 4.56. The van der Waals surface area contributed by atoms with Gasteiger partial charge in [0.25, 0.3) is 0 Å². The molecule has 28 heavy (non-hydrogen) atoms. The first-order valence-corrected chi connectivity index (χ1v) is 9.74. The number of carbonyl (C=O) groups is 1. The lowest BCUT2D eigenvalue weighted by Crippen LogP contribution is -2.30. The van der Waals surface area contributed by atoms with Gasteiger partial charge in [-0.2, -0.15) is 0 Å². The molecule has 0 heterocycles. The lowest BCUT2D eigenvalue weighted by Gasteiger charge is -2.17. The fourth-order valence-electron chi connectivity index (χ4n) is 2.71. The summed E-state index contributed by atoms with van der Waals surface area (Å²) in [4.78, 5) is 12.3. The molecule has 6 nitrogen and oxygen atoms in total. The molecule has 2 N–H and O–H groups in total. The van der Waals surface area contributed by atoms with Crippen LogP contribution < -0.4 is 24.8 Å². The lowest BCUT2D eigenvalue weighted by molar-refractivity contribution is 0.252. The number of hydrogen-bond acceptors (Lipinski definition) is 4. The van der Waals surface area contributed by atoms with Crippen LogP contribution in [0, 0.1) is 6.92 Å². The van der Waals surface area contributed by atoms with E-state index in [9.17, 15) is 4.79 Å². The predicted molar refractivity (Wildman–Crippen MR) is 112 cm³/mol. The lowest BCUT2D eigenvalue weighted by atomic mass is 10.1. The number of aryl methyl sites for hydroxylation is 1. The van der Waals surface area contributed by atoms with Crippen LogP contribution in [0.3, 0.4) is 0 Å². The zero-order chi connectivity index (χ0) is 20.4. The summed E-state index contributed by atoms with van der Waals surface area (Å²) in [5.41, 5.74) is 2.99. The van der Waals surface area contributed by atoms with Gasteiger partial charge in [0.05, 0.1) is 25.5 Å². The molecule has 0 radical (unpaired) electrons. The van der Waals surface area contributed by atoms with Crippen LogP contribution in [0.1, 0.15) is 31.9 Å². The van der Waals surface area contributed by atoms with Crippen LogP contribution in [-0.2, 0) is 6.42 Å². The quantitative estimate of drug-likeness (QED) is 0.628. The third-order valence-corrected chi connectivity index (χ3v) is 3.99. The molecule has 0 aliphatic heterocycles. The van der Waals surface area contributed by atoms with E-state index in [2.05, 4.69) is 41.8 Å². The molecular weight excluding hydrogens is 356 g/mol. The minimum absolute atomic E-state index is 0.277. The average molecular weight is 386 g/mol. The van der Waals surface area contributed by atoms with E-state index in [1.807, 2.05) is 20.8 Å². The Morgan fingerprint density at radius 3 is 2.00 bits per heavy atom. The summed E-state index contributed by atoms with van der Waals surface area (Å²) >= 11 is 0. The van der Waals surface area contributed by atoms with Crippen molar-refractivity contribution in [3.63, 3.8) is 0 Å². The molecule has 0 atom stereocenters. The van der Waals surface area contributed by atoms with Gasteiger partial charge in [-0.1, -0.05) is 29.8 Å². The Bertz CT molecular complexity index is 733. The Balaban J connectivity index is 2.02. The van der Waals surface area contributed by atoms with E-state index in [0.717, 1.165) is 6.42 Å². The molecule has 2 aromatic carbocycles. The average Bonchev–Trinajstić information content (AvgIpc) is 2.66. The van der Waals surface area contributed by atoms with Crippen molar-refractivity contribution >= 4 is 11.7 Å². The first-order valence-electron chi connectivity index (χ1n) is 9.74. The second-order valence-electron chi connectivity index (χ2n) is 6.22. The number of rotatable bonds is 10. The second kappa shape index (κ2) is 11.1. The van der Waals surface area contributed by atoms with Gasteiger partial charge in [0, 0.05) is 18.7 Å². The Labute approximate surface area is 167 Å². The van der Waals surface area contributed by atoms with Gasteiger partial charge in [-0.05, 0) is 39.7 Å². The molecule has 2 amide bonds. The minimum Gasteiger partial charge on any atom is -0.490 e. The number of hydrogen-bond donors (Lipinski definition) is 2. The minimum atomic E-state index is -0.277. The topological polar surface area (TPSA) is 68.8 Å². The zero-order valence-corrected chi connectivity index (χ0v) is 17.1. The highest BCUT2D eigenvalue weighted by molar-refractivity contribution is 5.90. The molecule has 0 saturated heterocycles. The van der Waals surface area contributed by atoms with Crippen molar-refractivity contribution in [2.24, 2.45) is 0 Å². The molecule has 6 heteroatoms. The van der Waals surface area contributed by atoms with Crippen molar-refractivity contribution in [1.29, 1.82) is 0 Å². The van der Waals surface area contributed by atoms with Crippen molar-refractivity contribution in [2.45, 2.75) is 34.1 Å². The van der Waals surface area contributed by atoms with Gasteiger partial charge in [0.1, 0.15) is 0 Å². The third kappa shape index (κ3) is 6.37. The van der Waals surface area contributed by atoms with Crippen LogP contribution in [0.4, 0.5) is 10.5 Å². The molecule has 2 aromatic rings. The Morgan fingerprint density at radius 1 is 0.893 bits per heavy atom. The standard InChI is InChI=1S/C22H30N2O4/c1-5-26-19-14-18(15-20(27-6-2)21(19)28-7-3)24-22(25)23-13-12-17-10-8-16(4)9-11-17/h8-11,14-15H,5-7,12-13H2,1-4H3,(H2,23,24,25). The molecule has 0 unspecified atom stereocenters. The van der Waals surface area contributed by atoms with Crippen LogP contribution in [0.5, 0.6) is 17.2 Å². The number of nitrogens with one attached hydrogen (secondary N) is 2. The Kier molecular flexibility index (Phi) is 8.46. The Hall–Kier alpha value is -2.89. The SMILES string of the molecule is CCOc1cc(NC(=O)NCCc2ccc(C)cc2)cc(OCC)c1OCC. The van der Waals surface area contributed by atoms with Crippen LogP contribution in [0.25, 0.3) is 0 Å². The van der Waals surface area contributed by atoms with Crippen LogP contribution >= 0.6 is 0 Å².